The van der Waals surface area contributed by atoms with Crippen molar-refractivity contribution in [3.8, 4) is 0 Å². The highest BCUT2D eigenvalue weighted by Gasteiger charge is 2.26. The lowest BCUT2D eigenvalue weighted by Crippen LogP contribution is -2.33. The van der Waals surface area contributed by atoms with E-state index in [1.165, 1.54) is 0 Å². The average molecular weight is 366 g/mol. The number of carbonyl (C=O) groups is 1. The van der Waals surface area contributed by atoms with E-state index in [1.54, 1.807) is 24.3 Å². The van der Waals surface area contributed by atoms with Gasteiger partial charge in [-0.05, 0) is 44.5 Å². The van der Waals surface area contributed by atoms with Gasteiger partial charge >= 0.3 is 0 Å². The molecule has 1 amide bonds. The van der Waals surface area contributed by atoms with Gasteiger partial charge in [0.05, 0.1) is 6.04 Å². The van der Waals surface area contributed by atoms with E-state index in [0.717, 1.165) is 43.0 Å². The van der Waals surface area contributed by atoms with Crippen LogP contribution in [0.4, 0.5) is 0 Å². The number of aryl methyl sites for hydroxylation is 1. The molecule has 1 fully saturated rings. The zero-order valence-corrected chi connectivity index (χ0v) is 15.2. The molecule has 3 heterocycles. The van der Waals surface area contributed by atoms with E-state index in [4.69, 9.17) is 10.3 Å². The molecule has 1 aliphatic rings. The van der Waals surface area contributed by atoms with E-state index >= 15 is 0 Å². The molecule has 0 unspecified atom stereocenters. The second-order valence-electron chi connectivity index (χ2n) is 7.13. The van der Waals surface area contributed by atoms with E-state index < -0.39 is 5.91 Å². The van der Waals surface area contributed by atoms with Gasteiger partial charge in [-0.2, -0.15) is 0 Å². The Bertz CT molecular complexity index is 1050. The summed E-state index contributed by atoms with van der Waals surface area (Å²) in [5.41, 5.74) is 8.01. The molecular formula is C20H22N4O3. The van der Waals surface area contributed by atoms with Crippen LogP contribution in [0.25, 0.3) is 10.9 Å². The lowest BCUT2D eigenvalue weighted by molar-refractivity contribution is 0.100. The van der Waals surface area contributed by atoms with Crippen molar-refractivity contribution in [3.63, 3.8) is 0 Å². The van der Waals surface area contributed by atoms with Crippen molar-refractivity contribution in [2.24, 2.45) is 5.73 Å². The summed E-state index contributed by atoms with van der Waals surface area (Å²) < 4.78 is 5.25. The normalized spacial score (nSPS) is 18.0. The van der Waals surface area contributed by atoms with Crippen LogP contribution in [0.1, 0.15) is 52.8 Å². The highest BCUT2D eigenvalue weighted by molar-refractivity contribution is 5.96. The molecule has 7 heteroatoms. The summed E-state index contributed by atoms with van der Waals surface area (Å²) in [6.07, 6.45) is 3.29. The molecule has 1 aromatic carbocycles. The smallest absolute Gasteiger partial charge is 0.248 e. The number of H-pyrrole nitrogens is 1. The van der Waals surface area contributed by atoms with Crippen molar-refractivity contribution < 1.29 is 9.32 Å². The number of likely N-dealkylation sites (tertiary alicyclic amines) is 1. The molecule has 0 aliphatic carbocycles. The molecule has 7 nitrogen and oxygen atoms in total. The van der Waals surface area contributed by atoms with E-state index in [9.17, 15) is 9.59 Å². The Hall–Kier alpha value is -2.93. The lowest BCUT2D eigenvalue weighted by Gasteiger charge is -2.34. The van der Waals surface area contributed by atoms with Crippen LogP contribution in [0.3, 0.4) is 0 Å². The summed E-state index contributed by atoms with van der Waals surface area (Å²) in [6, 6.07) is 8.68. The summed E-state index contributed by atoms with van der Waals surface area (Å²) in [5, 5.41) is 4.66. The van der Waals surface area contributed by atoms with Crippen molar-refractivity contribution >= 4 is 16.8 Å². The minimum Gasteiger partial charge on any atom is -0.366 e. The zero-order valence-electron chi connectivity index (χ0n) is 15.2. The largest absolute Gasteiger partial charge is 0.366 e. The molecule has 1 atom stereocenters. The van der Waals surface area contributed by atoms with Crippen molar-refractivity contribution in [1.29, 1.82) is 0 Å². The molecule has 3 N–H and O–H groups in total. The first-order valence-electron chi connectivity index (χ1n) is 9.14. The predicted molar refractivity (Wildman–Crippen MR) is 101 cm³/mol. The maximum Gasteiger partial charge on any atom is 0.248 e. The number of piperidine rings is 1. The van der Waals surface area contributed by atoms with Gasteiger partial charge in [-0.25, -0.2) is 0 Å². The van der Waals surface area contributed by atoms with Crippen molar-refractivity contribution in [3.05, 3.63) is 63.3 Å². The van der Waals surface area contributed by atoms with Crippen molar-refractivity contribution in [1.82, 2.24) is 15.0 Å². The van der Waals surface area contributed by atoms with Gasteiger partial charge in [0.15, 0.2) is 5.43 Å². The number of nitrogens with one attached hydrogen (secondary N) is 1. The van der Waals surface area contributed by atoms with Gasteiger partial charge in [-0.3, -0.25) is 14.5 Å². The van der Waals surface area contributed by atoms with Crippen LogP contribution in [-0.4, -0.2) is 27.5 Å². The Labute approximate surface area is 156 Å². The molecule has 1 aliphatic heterocycles. The molecule has 1 saturated heterocycles. The number of fused-ring (bicyclic) bond motifs is 1. The molecular weight excluding hydrogens is 344 g/mol. The van der Waals surface area contributed by atoms with Gasteiger partial charge < -0.3 is 15.2 Å². The van der Waals surface area contributed by atoms with Gasteiger partial charge in [0.2, 0.25) is 5.91 Å². The second-order valence-corrected chi connectivity index (χ2v) is 7.13. The van der Waals surface area contributed by atoms with Gasteiger partial charge in [0.25, 0.3) is 0 Å². The second kappa shape index (κ2) is 7.00. The predicted octanol–water partition coefficient (Wildman–Crippen LogP) is 2.65. The molecule has 27 heavy (non-hydrogen) atoms. The number of benzene rings is 1. The Morgan fingerprint density at radius 2 is 2.19 bits per heavy atom. The molecule has 0 radical (unpaired) electrons. The minimum absolute atomic E-state index is 0.118. The van der Waals surface area contributed by atoms with Crippen LogP contribution in [0.15, 0.2) is 39.6 Å². The van der Waals surface area contributed by atoms with Crippen LogP contribution < -0.4 is 11.2 Å². The Kier molecular flexibility index (Phi) is 4.53. The van der Waals surface area contributed by atoms with Crippen molar-refractivity contribution in [2.45, 2.75) is 38.8 Å². The third-order valence-corrected chi connectivity index (χ3v) is 5.14. The number of rotatable bonds is 4. The molecule has 3 aromatic rings. The summed E-state index contributed by atoms with van der Waals surface area (Å²) in [4.78, 5) is 29.6. The highest BCUT2D eigenvalue weighted by Crippen LogP contribution is 2.31. The number of nitrogens with zero attached hydrogens (tertiary/aromatic N) is 2. The number of carbonyl (C=O) groups excluding carboxylic acids is 1. The summed E-state index contributed by atoms with van der Waals surface area (Å²) in [7, 11) is 0. The van der Waals surface area contributed by atoms with Crippen LogP contribution in [0.2, 0.25) is 0 Å². The van der Waals surface area contributed by atoms with E-state index in [0.29, 0.717) is 23.0 Å². The van der Waals surface area contributed by atoms with Crippen LogP contribution >= 0.6 is 0 Å². The first kappa shape index (κ1) is 17.5. The first-order chi connectivity index (χ1) is 13.0. The number of hydrogen-bond acceptors (Lipinski definition) is 5. The molecule has 2 aromatic heterocycles. The highest BCUT2D eigenvalue weighted by atomic mass is 16.5. The Morgan fingerprint density at radius 3 is 2.93 bits per heavy atom. The molecule has 0 spiro atoms. The fourth-order valence-corrected chi connectivity index (χ4v) is 3.82. The van der Waals surface area contributed by atoms with Gasteiger partial charge in [0.1, 0.15) is 11.5 Å². The topological polar surface area (TPSA) is 105 Å². The quantitative estimate of drug-likeness (QED) is 0.738. The number of hydrogen-bond donors (Lipinski definition) is 2. The minimum atomic E-state index is -0.542. The van der Waals surface area contributed by atoms with E-state index in [-0.39, 0.29) is 11.5 Å². The van der Waals surface area contributed by atoms with Crippen molar-refractivity contribution in [2.75, 3.05) is 6.54 Å². The number of pyridine rings is 1. The first-order valence-corrected chi connectivity index (χ1v) is 9.14. The maximum absolute atomic E-state index is 12.6. The fraction of sp³-hybridized carbons (Fsp3) is 0.350. The molecule has 140 valence electrons. The number of aromatic amines is 1. The summed E-state index contributed by atoms with van der Waals surface area (Å²) in [5.74, 6) is 0.263. The number of amides is 1. The Balaban J connectivity index is 1.64. The van der Waals surface area contributed by atoms with Crippen LogP contribution in [0.5, 0.6) is 0 Å². The van der Waals surface area contributed by atoms with Gasteiger partial charge in [-0.1, -0.05) is 11.6 Å². The number of aromatic nitrogens is 2. The molecule has 0 bridgehead atoms. The fourth-order valence-electron chi connectivity index (χ4n) is 3.82. The van der Waals surface area contributed by atoms with E-state index in [2.05, 4.69) is 15.0 Å². The zero-order chi connectivity index (χ0) is 19.0. The van der Waals surface area contributed by atoms with Gasteiger partial charge in [0, 0.05) is 40.8 Å². The Morgan fingerprint density at radius 1 is 1.33 bits per heavy atom. The summed E-state index contributed by atoms with van der Waals surface area (Å²) >= 11 is 0. The standard InChI is InChI=1S/C20H22N4O3/c1-12-8-17(23-27-12)18-4-2-3-7-24(18)11-14-10-19(25)15-9-13(20(21)26)5-6-16(15)22-14/h5-6,8-10,18H,2-4,7,11H2,1H3,(H2,21,26)(H,22,25)/t18-/m0/s1. The summed E-state index contributed by atoms with van der Waals surface area (Å²) in [6.45, 7) is 3.46. The molecule has 0 saturated carbocycles. The number of primary amides is 1. The van der Waals surface area contributed by atoms with Crippen LogP contribution in [0, 0.1) is 6.92 Å². The van der Waals surface area contributed by atoms with Crippen LogP contribution in [-0.2, 0) is 6.54 Å². The third kappa shape index (κ3) is 3.50. The van der Waals surface area contributed by atoms with E-state index in [1.807, 2.05) is 13.0 Å². The SMILES string of the molecule is Cc1cc([C@@H]2CCCCN2Cc2cc(=O)c3cc(C(N)=O)ccc3[nH]2)no1. The molecule has 4 rings (SSSR count). The van der Waals surface area contributed by atoms with Gasteiger partial charge in [-0.15, -0.1) is 0 Å². The average Bonchev–Trinajstić information content (AvgIpc) is 3.08. The lowest BCUT2D eigenvalue weighted by atomic mass is 9.99. The monoisotopic (exact) mass is 366 g/mol. The third-order valence-electron chi connectivity index (χ3n) is 5.14. The maximum atomic E-state index is 12.6. The number of nitrogens with two attached hydrogens (primary N) is 1.